The Bertz CT molecular complexity index is 759. The molecule has 0 bridgehead atoms. The number of hydrogen-bond donors (Lipinski definition) is 0. The molecule has 0 aromatic carbocycles. The van der Waals surface area contributed by atoms with Crippen LogP contribution in [-0.4, -0.2) is 9.97 Å². The number of thiophene rings is 1. The van der Waals surface area contributed by atoms with Gasteiger partial charge in [0.1, 0.15) is 6.07 Å². The van der Waals surface area contributed by atoms with E-state index in [1.54, 1.807) is 12.4 Å². The van der Waals surface area contributed by atoms with Gasteiger partial charge < -0.3 is 0 Å². The van der Waals surface area contributed by atoms with Crippen LogP contribution in [0.4, 0.5) is 0 Å². The van der Waals surface area contributed by atoms with Crippen LogP contribution < -0.4 is 0 Å². The molecule has 86 valence electrons. The summed E-state index contributed by atoms with van der Waals surface area (Å²) in [5, 5.41) is 9.40. The summed E-state index contributed by atoms with van der Waals surface area (Å²) in [5.74, 6) is 0. The zero-order valence-electron chi connectivity index (χ0n) is 9.09. The molecule has 3 rings (SSSR count). The molecule has 0 amide bonds. The molecular formula is C13H6ClN3S. The molecule has 0 atom stereocenters. The molecular weight excluding hydrogens is 266 g/mol. The Hall–Kier alpha value is -1.96. The van der Waals surface area contributed by atoms with Crippen LogP contribution in [0.25, 0.3) is 20.7 Å². The van der Waals surface area contributed by atoms with Gasteiger partial charge in [-0.25, -0.2) is 0 Å². The normalized spacial score (nSPS) is 10.4. The molecule has 5 heteroatoms. The fraction of sp³-hybridized carbons (Fsp3) is 0. The van der Waals surface area contributed by atoms with Gasteiger partial charge >= 0.3 is 0 Å². The lowest BCUT2D eigenvalue weighted by Crippen LogP contribution is -1.79. The minimum atomic E-state index is 0.410. The molecule has 18 heavy (non-hydrogen) atoms. The molecule has 0 radical (unpaired) electrons. The molecule has 0 spiro atoms. The Balaban J connectivity index is 2.24. The number of nitriles is 1. The van der Waals surface area contributed by atoms with E-state index >= 15 is 0 Å². The Morgan fingerprint density at radius 2 is 2.06 bits per heavy atom. The van der Waals surface area contributed by atoms with Gasteiger partial charge in [0.2, 0.25) is 0 Å². The van der Waals surface area contributed by atoms with Crippen molar-refractivity contribution >= 4 is 33.2 Å². The number of aromatic nitrogens is 2. The first-order valence-corrected chi connectivity index (χ1v) is 6.37. The predicted molar refractivity (Wildman–Crippen MR) is 72.6 cm³/mol. The highest BCUT2D eigenvalue weighted by atomic mass is 35.5. The monoisotopic (exact) mass is 271 g/mol. The molecule has 0 aliphatic carbocycles. The van der Waals surface area contributed by atoms with Crippen molar-refractivity contribution in [2.75, 3.05) is 0 Å². The number of halogens is 1. The van der Waals surface area contributed by atoms with E-state index in [0.29, 0.717) is 10.6 Å². The molecule has 3 aromatic rings. The first-order valence-electron chi connectivity index (χ1n) is 5.18. The highest BCUT2D eigenvalue weighted by Gasteiger charge is 2.11. The summed E-state index contributed by atoms with van der Waals surface area (Å²) < 4.78 is 0.850. The molecule has 3 aromatic heterocycles. The van der Waals surface area contributed by atoms with Crippen LogP contribution in [0.15, 0.2) is 36.8 Å². The van der Waals surface area contributed by atoms with Crippen molar-refractivity contribution in [3.63, 3.8) is 0 Å². The lowest BCUT2D eigenvalue weighted by Gasteiger charge is -1.94. The third-order valence-electron chi connectivity index (χ3n) is 2.57. The quantitative estimate of drug-likeness (QED) is 0.675. The molecule has 3 heterocycles. The van der Waals surface area contributed by atoms with Gasteiger partial charge in [-0.2, -0.15) is 5.26 Å². The van der Waals surface area contributed by atoms with Gasteiger partial charge in [0, 0.05) is 23.5 Å². The Labute approximate surface area is 112 Å². The summed E-state index contributed by atoms with van der Waals surface area (Å²) in [7, 11) is 0. The van der Waals surface area contributed by atoms with Crippen molar-refractivity contribution in [2.45, 2.75) is 0 Å². The predicted octanol–water partition coefficient (Wildman–Crippen LogP) is 3.88. The van der Waals surface area contributed by atoms with Crippen LogP contribution in [0, 0.1) is 11.3 Å². The minimum Gasteiger partial charge on any atom is -0.265 e. The van der Waals surface area contributed by atoms with Crippen LogP contribution in [-0.2, 0) is 0 Å². The lowest BCUT2D eigenvalue weighted by molar-refractivity contribution is 1.33. The average molecular weight is 272 g/mol. The van der Waals surface area contributed by atoms with E-state index in [4.69, 9.17) is 16.9 Å². The first-order chi connectivity index (χ1) is 8.79. The fourth-order valence-electron chi connectivity index (χ4n) is 1.68. The van der Waals surface area contributed by atoms with E-state index in [9.17, 15) is 0 Å². The zero-order valence-corrected chi connectivity index (χ0v) is 10.7. The maximum absolute atomic E-state index is 8.92. The molecule has 3 nitrogen and oxygen atoms in total. The van der Waals surface area contributed by atoms with Crippen molar-refractivity contribution in [2.24, 2.45) is 0 Å². The largest absolute Gasteiger partial charge is 0.265 e. The number of fused-ring (bicyclic) bond motifs is 1. The van der Waals surface area contributed by atoms with Crippen LogP contribution in [0.5, 0.6) is 0 Å². The number of rotatable bonds is 1. The minimum absolute atomic E-state index is 0.410. The topological polar surface area (TPSA) is 49.6 Å². The molecule has 0 aliphatic heterocycles. The summed E-state index contributed by atoms with van der Waals surface area (Å²) in [4.78, 5) is 9.30. The number of pyridine rings is 2. The van der Waals surface area contributed by atoms with Crippen LogP contribution in [0.1, 0.15) is 5.56 Å². The molecule has 0 fully saturated rings. The van der Waals surface area contributed by atoms with Crippen molar-refractivity contribution in [3.05, 3.63) is 47.4 Å². The second-order valence-corrected chi connectivity index (χ2v) is 5.09. The standard InChI is InChI=1S/C13H6ClN3S/c14-12-9(6-15)7-17-10-5-11(18-13(10)12)8-1-3-16-4-2-8/h1-5,7H. The smallest absolute Gasteiger partial charge is 0.102 e. The Morgan fingerprint density at radius 1 is 1.28 bits per heavy atom. The summed E-state index contributed by atoms with van der Waals surface area (Å²) in [6, 6.07) is 7.88. The van der Waals surface area contributed by atoms with E-state index < -0.39 is 0 Å². The average Bonchev–Trinajstić information content (AvgIpc) is 2.85. The first kappa shape index (κ1) is 11.1. The molecule has 0 aliphatic rings. The van der Waals surface area contributed by atoms with E-state index in [1.807, 2.05) is 24.3 Å². The van der Waals surface area contributed by atoms with Gasteiger partial charge in [0.15, 0.2) is 0 Å². The van der Waals surface area contributed by atoms with Crippen molar-refractivity contribution in [1.82, 2.24) is 9.97 Å². The van der Waals surface area contributed by atoms with Crippen molar-refractivity contribution in [3.8, 4) is 16.5 Å². The van der Waals surface area contributed by atoms with Gasteiger partial charge in [-0.05, 0) is 23.8 Å². The van der Waals surface area contributed by atoms with Crippen LogP contribution >= 0.6 is 22.9 Å². The van der Waals surface area contributed by atoms with Gasteiger partial charge in [0.05, 0.1) is 20.8 Å². The van der Waals surface area contributed by atoms with Gasteiger partial charge in [0.25, 0.3) is 0 Å². The maximum atomic E-state index is 8.92. The molecule has 0 saturated heterocycles. The summed E-state index contributed by atoms with van der Waals surface area (Å²) in [6.45, 7) is 0. The Kier molecular flexibility index (Phi) is 2.71. The second-order valence-electron chi connectivity index (χ2n) is 3.66. The lowest BCUT2D eigenvalue weighted by atomic mass is 10.2. The van der Waals surface area contributed by atoms with E-state index in [0.717, 1.165) is 20.7 Å². The van der Waals surface area contributed by atoms with Crippen molar-refractivity contribution in [1.29, 1.82) is 5.26 Å². The zero-order chi connectivity index (χ0) is 12.5. The van der Waals surface area contributed by atoms with Crippen LogP contribution in [0.3, 0.4) is 0 Å². The van der Waals surface area contributed by atoms with E-state index in [1.165, 1.54) is 17.5 Å². The number of hydrogen-bond acceptors (Lipinski definition) is 4. The highest BCUT2D eigenvalue weighted by molar-refractivity contribution is 7.22. The van der Waals surface area contributed by atoms with Crippen molar-refractivity contribution < 1.29 is 0 Å². The maximum Gasteiger partial charge on any atom is 0.102 e. The van der Waals surface area contributed by atoms with E-state index in [-0.39, 0.29) is 0 Å². The third-order valence-corrected chi connectivity index (χ3v) is 4.26. The van der Waals surface area contributed by atoms with Crippen LogP contribution in [0.2, 0.25) is 5.02 Å². The van der Waals surface area contributed by atoms with Gasteiger partial charge in [-0.15, -0.1) is 11.3 Å². The van der Waals surface area contributed by atoms with Gasteiger partial charge in [-0.1, -0.05) is 11.6 Å². The summed E-state index contributed by atoms with van der Waals surface area (Å²) in [5.41, 5.74) is 2.30. The fourth-order valence-corrected chi connectivity index (χ4v) is 3.05. The third kappa shape index (κ3) is 1.74. The Morgan fingerprint density at radius 3 is 2.78 bits per heavy atom. The number of nitrogens with zero attached hydrogens (tertiary/aromatic N) is 3. The second kappa shape index (κ2) is 4.37. The SMILES string of the molecule is N#Cc1cnc2cc(-c3ccncc3)sc2c1Cl. The van der Waals surface area contributed by atoms with E-state index in [2.05, 4.69) is 9.97 Å². The highest BCUT2D eigenvalue weighted by Crippen LogP contribution is 2.37. The molecule has 0 unspecified atom stereocenters. The summed E-state index contributed by atoms with van der Waals surface area (Å²) in [6.07, 6.45) is 5.00. The summed E-state index contributed by atoms with van der Waals surface area (Å²) >= 11 is 7.71. The molecule has 0 saturated carbocycles. The van der Waals surface area contributed by atoms with Gasteiger partial charge in [-0.3, -0.25) is 9.97 Å². The molecule has 0 N–H and O–H groups in total.